The van der Waals surface area contributed by atoms with Gasteiger partial charge in [0.15, 0.2) is 5.76 Å². The average Bonchev–Trinajstić information content (AvgIpc) is 3.28. The maximum absolute atomic E-state index is 12.5. The molecule has 1 saturated heterocycles. The van der Waals surface area contributed by atoms with E-state index in [0.717, 1.165) is 62.5 Å². The Bertz CT molecular complexity index is 906. The van der Waals surface area contributed by atoms with E-state index < -0.39 is 0 Å². The third kappa shape index (κ3) is 4.22. The fourth-order valence-electron chi connectivity index (χ4n) is 3.79. The lowest BCUT2D eigenvalue weighted by Gasteiger charge is -2.34. The van der Waals surface area contributed by atoms with Crippen molar-refractivity contribution < 1.29 is 9.32 Å². The minimum absolute atomic E-state index is 0.269. The van der Waals surface area contributed by atoms with Gasteiger partial charge in [0.05, 0.1) is 12.2 Å². The number of piperazine rings is 1. The highest BCUT2D eigenvalue weighted by atomic mass is 16.5. The van der Waals surface area contributed by atoms with Crippen LogP contribution in [0.25, 0.3) is 10.9 Å². The summed E-state index contributed by atoms with van der Waals surface area (Å²) in [7, 11) is 0. The van der Waals surface area contributed by atoms with Crippen LogP contribution in [0.1, 0.15) is 29.9 Å². The number of hydrogen-bond acceptors (Lipinski definition) is 4. The van der Waals surface area contributed by atoms with E-state index in [1.807, 2.05) is 24.0 Å². The third-order valence-corrected chi connectivity index (χ3v) is 5.29. The molecule has 0 spiro atoms. The standard InChI is InChI=1S/C21H26N4O2/c1-16-13-18(27-23-16)15-24-9-11-25(12-10-24)21(26)8-4-5-17-14-22-20-7-3-2-6-19(17)20/h2-3,6-7,13-14,22H,4-5,8-12,15H2,1H3. The first-order chi connectivity index (χ1) is 13.2. The number of H-pyrrole nitrogens is 1. The summed E-state index contributed by atoms with van der Waals surface area (Å²) >= 11 is 0. The molecule has 1 aliphatic rings. The molecule has 0 unspecified atom stereocenters. The van der Waals surface area contributed by atoms with Crippen LogP contribution >= 0.6 is 0 Å². The van der Waals surface area contributed by atoms with E-state index >= 15 is 0 Å². The molecule has 0 bridgehead atoms. The Morgan fingerprint density at radius 3 is 2.81 bits per heavy atom. The van der Waals surface area contributed by atoms with Crippen molar-refractivity contribution in [1.82, 2.24) is 19.9 Å². The summed E-state index contributed by atoms with van der Waals surface area (Å²) in [4.78, 5) is 20.1. The molecule has 0 radical (unpaired) electrons. The smallest absolute Gasteiger partial charge is 0.222 e. The van der Waals surface area contributed by atoms with Gasteiger partial charge >= 0.3 is 0 Å². The molecule has 1 fully saturated rings. The van der Waals surface area contributed by atoms with E-state index in [1.165, 1.54) is 10.9 Å². The van der Waals surface area contributed by atoms with Crippen molar-refractivity contribution >= 4 is 16.8 Å². The molecule has 3 aromatic rings. The second-order valence-corrected chi connectivity index (χ2v) is 7.30. The van der Waals surface area contributed by atoms with Crippen LogP contribution in [0, 0.1) is 6.92 Å². The first-order valence-corrected chi connectivity index (χ1v) is 9.66. The number of nitrogens with one attached hydrogen (secondary N) is 1. The van der Waals surface area contributed by atoms with Crippen LogP contribution in [-0.2, 0) is 17.8 Å². The van der Waals surface area contributed by atoms with Gasteiger partial charge < -0.3 is 14.4 Å². The molecule has 0 saturated carbocycles. The molecule has 1 aromatic carbocycles. The lowest BCUT2D eigenvalue weighted by Crippen LogP contribution is -2.48. The van der Waals surface area contributed by atoms with Crippen molar-refractivity contribution in [3.8, 4) is 0 Å². The van der Waals surface area contributed by atoms with Gasteiger partial charge in [0.25, 0.3) is 0 Å². The molecule has 27 heavy (non-hydrogen) atoms. The van der Waals surface area contributed by atoms with Gasteiger partial charge in [-0.15, -0.1) is 0 Å². The fourth-order valence-corrected chi connectivity index (χ4v) is 3.79. The molecular weight excluding hydrogens is 340 g/mol. The molecule has 6 heteroatoms. The van der Waals surface area contributed by atoms with Crippen molar-refractivity contribution in [3.63, 3.8) is 0 Å². The maximum atomic E-state index is 12.5. The number of aromatic amines is 1. The first kappa shape index (κ1) is 17.8. The quantitative estimate of drug-likeness (QED) is 0.728. The van der Waals surface area contributed by atoms with E-state index in [1.54, 1.807) is 0 Å². The minimum Gasteiger partial charge on any atom is -0.361 e. The summed E-state index contributed by atoms with van der Waals surface area (Å²) in [6.07, 6.45) is 4.50. The maximum Gasteiger partial charge on any atom is 0.222 e. The van der Waals surface area contributed by atoms with Crippen molar-refractivity contribution in [1.29, 1.82) is 0 Å². The number of carbonyl (C=O) groups is 1. The summed E-state index contributed by atoms with van der Waals surface area (Å²) in [6.45, 7) is 6.04. The van der Waals surface area contributed by atoms with E-state index in [4.69, 9.17) is 4.52 Å². The van der Waals surface area contributed by atoms with Crippen LogP contribution in [0.3, 0.4) is 0 Å². The highest BCUT2D eigenvalue weighted by Gasteiger charge is 2.21. The van der Waals surface area contributed by atoms with Gasteiger partial charge in [0.1, 0.15) is 0 Å². The van der Waals surface area contributed by atoms with Gasteiger partial charge in [0, 0.05) is 55.8 Å². The van der Waals surface area contributed by atoms with Crippen LogP contribution in [0.2, 0.25) is 0 Å². The minimum atomic E-state index is 0.269. The van der Waals surface area contributed by atoms with E-state index in [-0.39, 0.29) is 5.91 Å². The van der Waals surface area contributed by atoms with E-state index in [9.17, 15) is 4.79 Å². The molecule has 1 N–H and O–H groups in total. The van der Waals surface area contributed by atoms with Crippen molar-refractivity contribution in [2.75, 3.05) is 26.2 Å². The molecule has 1 aliphatic heterocycles. The lowest BCUT2D eigenvalue weighted by atomic mass is 10.1. The van der Waals surface area contributed by atoms with Crippen LogP contribution in [-0.4, -0.2) is 52.0 Å². The molecule has 3 heterocycles. The lowest BCUT2D eigenvalue weighted by molar-refractivity contribution is -0.133. The van der Waals surface area contributed by atoms with Crippen LogP contribution in [0.15, 0.2) is 41.1 Å². The number of benzene rings is 1. The summed E-state index contributed by atoms with van der Waals surface area (Å²) in [5.74, 6) is 1.16. The zero-order valence-corrected chi connectivity index (χ0v) is 15.8. The van der Waals surface area contributed by atoms with Crippen molar-refractivity contribution in [3.05, 3.63) is 53.5 Å². The van der Waals surface area contributed by atoms with Gasteiger partial charge in [-0.3, -0.25) is 9.69 Å². The molecule has 0 aliphatic carbocycles. The number of aromatic nitrogens is 2. The van der Waals surface area contributed by atoms with Gasteiger partial charge in [-0.1, -0.05) is 23.4 Å². The topological polar surface area (TPSA) is 65.4 Å². The Balaban J connectivity index is 1.21. The normalized spacial score (nSPS) is 15.5. The number of carbonyl (C=O) groups excluding carboxylic acids is 1. The van der Waals surface area contributed by atoms with E-state index in [0.29, 0.717) is 6.42 Å². The van der Waals surface area contributed by atoms with Gasteiger partial charge in [-0.25, -0.2) is 0 Å². The number of hydrogen-bond donors (Lipinski definition) is 1. The number of para-hydroxylation sites is 1. The molecule has 2 aromatic heterocycles. The Morgan fingerprint density at radius 2 is 2.04 bits per heavy atom. The second kappa shape index (κ2) is 7.96. The Hall–Kier alpha value is -2.60. The summed E-state index contributed by atoms with van der Waals surface area (Å²) in [5, 5.41) is 5.20. The predicted octanol–water partition coefficient (Wildman–Crippen LogP) is 3.13. The largest absolute Gasteiger partial charge is 0.361 e. The number of aryl methyl sites for hydroxylation is 2. The fraction of sp³-hybridized carbons (Fsp3) is 0.429. The number of fused-ring (bicyclic) bond motifs is 1. The predicted molar refractivity (Wildman–Crippen MR) is 104 cm³/mol. The Labute approximate surface area is 159 Å². The molecular formula is C21H26N4O2. The third-order valence-electron chi connectivity index (χ3n) is 5.29. The number of nitrogens with zero attached hydrogens (tertiary/aromatic N) is 3. The average molecular weight is 366 g/mol. The van der Waals surface area contributed by atoms with E-state index in [2.05, 4.69) is 39.4 Å². The number of rotatable bonds is 6. The molecule has 0 atom stereocenters. The van der Waals surface area contributed by atoms with Crippen LogP contribution in [0.5, 0.6) is 0 Å². The SMILES string of the molecule is Cc1cc(CN2CCN(C(=O)CCCc3c[nH]c4ccccc34)CC2)on1. The molecule has 142 valence electrons. The van der Waals surface area contributed by atoms with Crippen molar-refractivity contribution in [2.24, 2.45) is 0 Å². The van der Waals surface area contributed by atoms with Gasteiger partial charge in [0.2, 0.25) is 5.91 Å². The Morgan fingerprint density at radius 1 is 1.22 bits per heavy atom. The van der Waals surface area contributed by atoms with Gasteiger partial charge in [-0.2, -0.15) is 0 Å². The number of amides is 1. The Kier molecular flexibility index (Phi) is 5.25. The van der Waals surface area contributed by atoms with Gasteiger partial charge in [-0.05, 0) is 31.4 Å². The zero-order chi connectivity index (χ0) is 18.6. The molecule has 1 amide bonds. The molecule has 6 nitrogen and oxygen atoms in total. The summed E-state index contributed by atoms with van der Waals surface area (Å²) in [6, 6.07) is 10.3. The van der Waals surface area contributed by atoms with Crippen LogP contribution in [0.4, 0.5) is 0 Å². The molecule has 4 rings (SSSR count). The summed E-state index contributed by atoms with van der Waals surface area (Å²) < 4.78 is 5.29. The highest BCUT2D eigenvalue weighted by Crippen LogP contribution is 2.20. The first-order valence-electron chi connectivity index (χ1n) is 9.66. The monoisotopic (exact) mass is 366 g/mol. The summed E-state index contributed by atoms with van der Waals surface area (Å²) in [5.41, 5.74) is 3.37. The zero-order valence-electron chi connectivity index (χ0n) is 15.8. The second-order valence-electron chi connectivity index (χ2n) is 7.30. The van der Waals surface area contributed by atoms with Crippen LogP contribution < -0.4 is 0 Å². The van der Waals surface area contributed by atoms with Crippen molar-refractivity contribution in [2.45, 2.75) is 32.7 Å². The highest BCUT2D eigenvalue weighted by molar-refractivity contribution is 5.83.